The van der Waals surface area contributed by atoms with Gasteiger partial charge in [-0.2, -0.15) is 0 Å². The van der Waals surface area contributed by atoms with Crippen LogP contribution in [-0.4, -0.2) is 19.0 Å². The standard InChI is InChI=1S/C20H32N2O.ClH/c1-20(2,3)15-18(17-7-5-4-6-8-17)22-19(23)10-9-16-11-13-21-14-12-16;/h4-8,16,18,21H,9-15H2,1-3H3,(H,22,23);1H. The van der Waals surface area contributed by atoms with E-state index in [2.05, 4.69) is 43.5 Å². The minimum Gasteiger partial charge on any atom is -0.349 e. The van der Waals surface area contributed by atoms with Crippen LogP contribution in [0.3, 0.4) is 0 Å². The summed E-state index contributed by atoms with van der Waals surface area (Å²) < 4.78 is 0. The van der Waals surface area contributed by atoms with Crippen LogP contribution in [0.4, 0.5) is 0 Å². The molecule has 24 heavy (non-hydrogen) atoms. The largest absolute Gasteiger partial charge is 0.349 e. The zero-order valence-electron chi connectivity index (χ0n) is 15.3. The Hall–Kier alpha value is -1.06. The monoisotopic (exact) mass is 352 g/mol. The summed E-state index contributed by atoms with van der Waals surface area (Å²) in [4.78, 5) is 12.4. The summed E-state index contributed by atoms with van der Waals surface area (Å²) in [5.74, 6) is 0.904. The zero-order valence-corrected chi connectivity index (χ0v) is 16.1. The van der Waals surface area contributed by atoms with Crippen LogP contribution in [0.1, 0.15) is 64.5 Å². The number of rotatable bonds is 6. The highest BCUT2D eigenvalue weighted by atomic mass is 35.5. The first-order chi connectivity index (χ1) is 10.9. The van der Waals surface area contributed by atoms with E-state index in [1.54, 1.807) is 0 Å². The Morgan fingerprint density at radius 2 is 1.83 bits per heavy atom. The molecule has 136 valence electrons. The fraction of sp³-hybridized carbons (Fsp3) is 0.650. The van der Waals surface area contributed by atoms with Gasteiger partial charge in [-0.3, -0.25) is 4.79 Å². The molecule has 1 saturated heterocycles. The van der Waals surface area contributed by atoms with Gasteiger partial charge in [-0.1, -0.05) is 51.1 Å². The van der Waals surface area contributed by atoms with Crippen molar-refractivity contribution in [2.75, 3.05) is 13.1 Å². The number of halogens is 1. The Labute approximate surface area is 153 Å². The summed E-state index contributed by atoms with van der Waals surface area (Å²) >= 11 is 0. The van der Waals surface area contributed by atoms with Crippen molar-refractivity contribution in [3.05, 3.63) is 35.9 Å². The van der Waals surface area contributed by atoms with Crippen LogP contribution in [0, 0.1) is 11.3 Å². The maximum Gasteiger partial charge on any atom is 0.220 e. The third-order valence-electron chi connectivity index (χ3n) is 4.59. The number of piperidine rings is 1. The summed E-state index contributed by atoms with van der Waals surface area (Å²) in [6, 6.07) is 10.5. The number of carbonyl (C=O) groups is 1. The average Bonchev–Trinajstić information content (AvgIpc) is 2.53. The maximum atomic E-state index is 12.4. The lowest BCUT2D eigenvalue weighted by Crippen LogP contribution is -2.32. The highest BCUT2D eigenvalue weighted by Crippen LogP contribution is 2.29. The van der Waals surface area contributed by atoms with E-state index in [0.717, 1.165) is 25.9 Å². The van der Waals surface area contributed by atoms with Gasteiger partial charge in [0.15, 0.2) is 0 Å². The van der Waals surface area contributed by atoms with Gasteiger partial charge >= 0.3 is 0 Å². The van der Waals surface area contributed by atoms with Gasteiger partial charge in [0.05, 0.1) is 6.04 Å². The molecule has 0 aliphatic carbocycles. The number of amides is 1. The number of nitrogens with one attached hydrogen (secondary N) is 2. The molecule has 1 aliphatic heterocycles. The van der Waals surface area contributed by atoms with Crippen molar-refractivity contribution in [3.63, 3.8) is 0 Å². The normalized spacial score (nSPS) is 17.0. The second-order valence-electron chi connectivity index (χ2n) is 8.03. The lowest BCUT2D eigenvalue weighted by Gasteiger charge is -2.28. The van der Waals surface area contributed by atoms with Gasteiger partial charge in [0.1, 0.15) is 0 Å². The molecule has 2 rings (SSSR count). The van der Waals surface area contributed by atoms with Crippen molar-refractivity contribution in [1.29, 1.82) is 0 Å². The van der Waals surface area contributed by atoms with E-state index in [0.29, 0.717) is 12.3 Å². The molecule has 0 spiro atoms. The molecule has 1 amide bonds. The summed E-state index contributed by atoms with van der Waals surface area (Å²) in [7, 11) is 0. The van der Waals surface area contributed by atoms with E-state index in [4.69, 9.17) is 0 Å². The Balaban J connectivity index is 0.00000288. The number of hydrogen-bond acceptors (Lipinski definition) is 2. The second kappa shape index (κ2) is 10.0. The lowest BCUT2D eigenvalue weighted by molar-refractivity contribution is -0.122. The van der Waals surface area contributed by atoms with E-state index in [-0.39, 0.29) is 29.8 Å². The van der Waals surface area contributed by atoms with E-state index >= 15 is 0 Å². The van der Waals surface area contributed by atoms with Crippen LogP contribution < -0.4 is 10.6 Å². The molecule has 2 N–H and O–H groups in total. The van der Waals surface area contributed by atoms with E-state index < -0.39 is 0 Å². The predicted octanol–water partition coefficient (Wildman–Crippen LogP) is 4.48. The third-order valence-corrected chi connectivity index (χ3v) is 4.59. The lowest BCUT2D eigenvalue weighted by atomic mass is 9.85. The van der Waals surface area contributed by atoms with Gasteiger partial charge in [-0.15, -0.1) is 12.4 Å². The van der Waals surface area contributed by atoms with Crippen molar-refractivity contribution in [2.24, 2.45) is 11.3 Å². The quantitative estimate of drug-likeness (QED) is 0.792. The maximum absolute atomic E-state index is 12.4. The molecule has 1 aromatic carbocycles. The predicted molar refractivity (Wildman–Crippen MR) is 103 cm³/mol. The fourth-order valence-electron chi connectivity index (χ4n) is 3.32. The first-order valence-electron chi connectivity index (χ1n) is 8.99. The molecule has 1 aliphatic rings. The molecule has 0 radical (unpaired) electrons. The molecule has 3 nitrogen and oxygen atoms in total. The highest BCUT2D eigenvalue weighted by molar-refractivity contribution is 5.85. The Kier molecular flexibility index (Phi) is 8.79. The van der Waals surface area contributed by atoms with Gasteiger partial charge < -0.3 is 10.6 Å². The summed E-state index contributed by atoms with van der Waals surface area (Å²) in [5, 5.41) is 6.66. The highest BCUT2D eigenvalue weighted by Gasteiger charge is 2.22. The molecule has 1 fully saturated rings. The van der Waals surface area contributed by atoms with Crippen molar-refractivity contribution >= 4 is 18.3 Å². The number of benzene rings is 1. The first-order valence-corrected chi connectivity index (χ1v) is 8.99. The molecule has 1 aromatic rings. The van der Waals surface area contributed by atoms with Gasteiger partial charge in [-0.05, 0) is 55.7 Å². The molecular formula is C20H33ClN2O. The molecule has 0 aromatic heterocycles. The van der Waals surface area contributed by atoms with Crippen molar-refractivity contribution < 1.29 is 4.79 Å². The topological polar surface area (TPSA) is 41.1 Å². The van der Waals surface area contributed by atoms with E-state index in [1.165, 1.54) is 18.4 Å². The van der Waals surface area contributed by atoms with Crippen LogP contribution in [-0.2, 0) is 4.79 Å². The molecule has 0 bridgehead atoms. The minimum absolute atomic E-state index is 0. The summed E-state index contributed by atoms with van der Waals surface area (Å²) in [6.45, 7) is 8.88. The zero-order chi connectivity index (χ0) is 16.7. The van der Waals surface area contributed by atoms with Gasteiger partial charge in [0, 0.05) is 6.42 Å². The Morgan fingerprint density at radius 3 is 2.42 bits per heavy atom. The van der Waals surface area contributed by atoms with Gasteiger partial charge in [0.25, 0.3) is 0 Å². The molecule has 0 saturated carbocycles. The van der Waals surface area contributed by atoms with Crippen molar-refractivity contribution in [2.45, 2.75) is 58.9 Å². The average molecular weight is 353 g/mol. The van der Waals surface area contributed by atoms with Gasteiger partial charge in [-0.25, -0.2) is 0 Å². The minimum atomic E-state index is 0. The Bertz CT molecular complexity index is 478. The van der Waals surface area contributed by atoms with E-state index in [9.17, 15) is 4.79 Å². The second-order valence-corrected chi connectivity index (χ2v) is 8.03. The van der Waals surface area contributed by atoms with Crippen LogP contribution in [0.15, 0.2) is 30.3 Å². The Morgan fingerprint density at radius 1 is 1.21 bits per heavy atom. The van der Waals surface area contributed by atoms with E-state index in [1.807, 2.05) is 18.2 Å². The number of hydrogen-bond donors (Lipinski definition) is 2. The fourth-order valence-corrected chi connectivity index (χ4v) is 3.32. The third kappa shape index (κ3) is 7.67. The smallest absolute Gasteiger partial charge is 0.220 e. The van der Waals surface area contributed by atoms with Crippen molar-refractivity contribution in [1.82, 2.24) is 10.6 Å². The number of carbonyl (C=O) groups excluding carboxylic acids is 1. The summed E-state index contributed by atoms with van der Waals surface area (Å²) in [6.07, 6.45) is 5.04. The van der Waals surface area contributed by atoms with Crippen LogP contribution in [0.5, 0.6) is 0 Å². The SMILES string of the molecule is CC(C)(C)CC(NC(=O)CCC1CCNCC1)c1ccccc1.Cl. The van der Waals surface area contributed by atoms with Crippen molar-refractivity contribution in [3.8, 4) is 0 Å². The molecular weight excluding hydrogens is 320 g/mol. The molecule has 1 heterocycles. The van der Waals surface area contributed by atoms with Crippen LogP contribution in [0.2, 0.25) is 0 Å². The van der Waals surface area contributed by atoms with Crippen LogP contribution >= 0.6 is 12.4 Å². The molecule has 1 unspecified atom stereocenters. The molecule has 1 atom stereocenters. The first kappa shape index (κ1) is 21.0. The van der Waals surface area contributed by atoms with Crippen LogP contribution in [0.25, 0.3) is 0 Å². The summed E-state index contributed by atoms with van der Waals surface area (Å²) in [5.41, 5.74) is 1.39. The van der Waals surface area contributed by atoms with Gasteiger partial charge in [0.2, 0.25) is 5.91 Å². The molecule has 4 heteroatoms.